The van der Waals surface area contributed by atoms with Crippen LogP contribution in [-0.4, -0.2) is 24.3 Å². The van der Waals surface area contributed by atoms with E-state index in [2.05, 4.69) is 16.0 Å². The summed E-state index contributed by atoms with van der Waals surface area (Å²) in [6.07, 6.45) is 1.17. The lowest BCUT2D eigenvalue weighted by molar-refractivity contribution is -0.141. The molecule has 3 rings (SSSR count). The lowest BCUT2D eigenvalue weighted by atomic mass is 9.96. The molecule has 1 fully saturated rings. The van der Waals surface area contributed by atoms with Gasteiger partial charge in [-0.25, -0.2) is 0 Å². The third kappa shape index (κ3) is 2.16. The zero-order chi connectivity index (χ0) is 13.4. The van der Waals surface area contributed by atoms with Crippen LogP contribution < -0.4 is 16.0 Å². The first-order valence-electron chi connectivity index (χ1n) is 6.15. The lowest BCUT2D eigenvalue weighted by Gasteiger charge is -2.25. The van der Waals surface area contributed by atoms with Crippen molar-refractivity contribution in [3.63, 3.8) is 0 Å². The highest BCUT2D eigenvalue weighted by atomic mass is 16.2. The molecule has 0 bridgehead atoms. The molecule has 98 valence electrons. The lowest BCUT2D eigenvalue weighted by Crippen LogP contribution is -2.51. The number of amides is 3. The molecule has 1 aromatic carbocycles. The minimum Gasteiger partial charge on any atom is -0.345 e. The van der Waals surface area contributed by atoms with E-state index >= 15 is 0 Å². The molecule has 2 aliphatic heterocycles. The molecule has 1 aromatic rings. The number of carbonyl (C=O) groups is 3. The minimum absolute atomic E-state index is 0.0264. The van der Waals surface area contributed by atoms with Crippen LogP contribution >= 0.6 is 0 Å². The van der Waals surface area contributed by atoms with Crippen molar-refractivity contribution in [2.45, 2.75) is 18.9 Å². The number of carbonyl (C=O) groups excluding carboxylic acids is 3. The first-order chi connectivity index (χ1) is 9.13. The van der Waals surface area contributed by atoms with Gasteiger partial charge in [0.15, 0.2) is 0 Å². The van der Waals surface area contributed by atoms with Crippen LogP contribution in [-0.2, 0) is 20.8 Å². The van der Waals surface area contributed by atoms with E-state index < -0.39 is 11.8 Å². The molecule has 1 atom stereocenters. The van der Waals surface area contributed by atoms with Gasteiger partial charge in [-0.1, -0.05) is 12.1 Å². The van der Waals surface area contributed by atoms with Crippen LogP contribution in [0.5, 0.6) is 0 Å². The molecule has 6 nitrogen and oxygen atoms in total. The predicted molar refractivity (Wildman–Crippen MR) is 67.3 cm³/mol. The van der Waals surface area contributed by atoms with E-state index in [0.717, 1.165) is 16.8 Å². The summed E-state index contributed by atoms with van der Waals surface area (Å²) in [6.45, 7) is 0.385. The fourth-order valence-electron chi connectivity index (χ4n) is 2.37. The van der Waals surface area contributed by atoms with Crippen LogP contribution in [0.2, 0.25) is 0 Å². The van der Waals surface area contributed by atoms with E-state index in [1.165, 1.54) is 0 Å². The first-order valence-corrected chi connectivity index (χ1v) is 6.15. The molecule has 1 unspecified atom stereocenters. The van der Waals surface area contributed by atoms with E-state index in [1.54, 1.807) is 0 Å². The second-order valence-corrected chi connectivity index (χ2v) is 4.70. The zero-order valence-corrected chi connectivity index (χ0v) is 10.2. The fraction of sp³-hybridized carbons (Fsp3) is 0.308. The van der Waals surface area contributed by atoms with E-state index in [4.69, 9.17) is 0 Å². The number of rotatable bonds is 1. The molecule has 0 saturated carbocycles. The number of nitrogens with one attached hydrogen (secondary N) is 3. The molecule has 1 saturated heterocycles. The quantitative estimate of drug-likeness (QED) is 0.613. The first kappa shape index (κ1) is 11.7. The van der Waals surface area contributed by atoms with E-state index in [9.17, 15) is 14.4 Å². The van der Waals surface area contributed by atoms with E-state index in [0.29, 0.717) is 19.4 Å². The van der Waals surface area contributed by atoms with Gasteiger partial charge in [-0.3, -0.25) is 14.4 Å². The number of benzene rings is 1. The summed E-state index contributed by atoms with van der Waals surface area (Å²) < 4.78 is 0. The Labute approximate surface area is 109 Å². The van der Waals surface area contributed by atoms with Gasteiger partial charge in [-0.2, -0.15) is 0 Å². The summed E-state index contributed by atoms with van der Waals surface area (Å²) in [5, 5.41) is 8.02. The van der Waals surface area contributed by atoms with Crippen LogP contribution in [0, 0.1) is 0 Å². The molecule has 3 N–H and O–H groups in total. The number of hydrogen-bond acceptors (Lipinski definition) is 3. The Kier molecular flexibility index (Phi) is 2.70. The fourth-order valence-corrected chi connectivity index (χ4v) is 2.37. The normalized spacial score (nSPS) is 22.1. The van der Waals surface area contributed by atoms with Gasteiger partial charge in [-0.05, 0) is 23.6 Å². The monoisotopic (exact) mass is 259 g/mol. The van der Waals surface area contributed by atoms with Gasteiger partial charge < -0.3 is 16.0 Å². The van der Waals surface area contributed by atoms with Gasteiger partial charge in [0.05, 0.1) is 6.04 Å². The van der Waals surface area contributed by atoms with Crippen LogP contribution in [0.1, 0.15) is 23.6 Å². The summed E-state index contributed by atoms with van der Waals surface area (Å²) in [6, 6.07) is 5.45. The molecule has 6 heteroatoms. The molecule has 2 heterocycles. The molecule has 19 heavy (non-hydrogen) atoms. The Balaban J connectivity index is 1.84. The summed E-state index contributed by atoms with van der Waals surface area (Å²) in [7, 11) is 0. The Morgan fingerprint density at radius 2 is 1.89 bits per heavy atom. The summed E-state index contributed by atoms with van der Waals surface area (Å²) >= 11 is 0. The number of aryl methyl sites for hydroxylation is 1. The van der Waals surface area contributed by atoms with Crippen molar-refractivity contribution in [3.05, 3.63) is 29.3 Å². The number of hydrogen-bond donors (Lipinski definition) is 3. The smallest absolute Gasteiger partial charge is 0.309 e. The maximum atomic E-state index is 11.3. The molecular formula is C13H13N3O3. The zero-order valence-electron chi connectivity index (χ0n) is 10.2. The van der Waals surface area contributed by atoms with Crippen molar-refractivity contribution in [1.29, 1.82) is 0 Å². The number of anilines is 1. The van der Waals surface area contributed by atoms with Crippen LogP contribution in [0.3, 0.4) is 0 Å². The van der Waals surface area contributed by atoms with Crippen molar-refractivity contribution >= 4 is 23.4 Å². The van der Waals surface area contributed by atoms with Crippen molar-refractivity contribution in [2.75, 3.05) is 11.9 Å². The van der Waals surface area contributed by atoms with Crippen molar-refractivity contribution in [1.82, 2.24) is 10.6 Å². The summed E-state index contributed by atoms with van der Waals surface area (Å²) in [4.78, 5) is 33.7. The largest absolute Gasteiger partial charge is 0.345 e. The average Bonchev–Trinajstić information content (AvgIpc) is 2.41. The molecule has 0 spiro atoms. The van der Waals surface area contributed by atoms with Gasteiger partial charge in [0.1, 0.15) is 0 Å². The second-order valence-electron chi connectivity index (χ2n) is 4.70. The second kappa shape index (κ2) is 4.38. The molecule has 0 radical (unpaired) electrons. The summed E-state index contributed by atoms with van der Waals surface area (Å²) in [5.74, 6) is -1.18. The third-order valence-electron chi connectivity index (χ3n) is 3.41. The van der Waals surface area contributed by atoms with Gasteiger partial charge in [-0.15, -0.1) is 0 Å². The standard InChI is InChI=1S/C13H13N3O3/c17-11-4-2-7-5-8(1-3-9(7)15-11)10-6-14-12(18)13(19)16-10/h1,3,5,10H,2,4,6H2,(H,14,18)(H,15,17)(H,16,19). The average molecular weight is 259 g/mol. The van der Waals surface area contributed by atoms with Crippen LogP contribution in [0.15, 0.2) is 18.2 Å². The Bertz CT molecular complexity index is 582. The third-order valence-corrected chi connectivity index (χ3v) is 3.41. The molecule has 0 aliphatic carbocycles. The molecule has 3 amide bonds. The topological polar surface area (TPSA) is 87.3 Å². The predicted octanol–water partition coefficient (Wildman–Crippen LogP) is -0.142. The maximum absolute atomic E-state index is 11.3. The summed E-state index contributed by atoms with van der Waals surface area (Å²) in [5.41, 5.74) is 2.82. The molecule has 0 aromatic heterocycles. The van der Waals surface area contributed by atoms with Gasteiger partial charge in [0.2, 0.25) is 5.91 Å². The van der Waals surface area contributed by atoms with Crippen molar-refractivity contribution in [2.24, 2.45) is 0 Å². The maximum Gasteiger partial charge on any atom is 0.309 e. The van der Waals surface area contributed by atoms with E-state index in [1.807, 2.05) is 18.2 Å². The molecule has 2 aliphatic rings. The van der Waals surface area contributed by atoms with Crippen molar-refractivity contribution < 1.29 is 14.4 Å². The highest BCUT2D eigenvalue weighted by Gasteiger charge is 2.26. The van der Waals surface area contributed by atoms with Gasteiger partial charge >= 0.3 is 11.8 Å². The van der Waals surface area contributed by atoms with Crippen LogP contribution in [0.25, 0.3) is 0 Å². The number of piperazine rings is 1. The van der Waals surface area contributed by atoms with Gasteiger partial charge in [0, 0.05) is 18.7 Å². The Morgan fingerprint density at radius 3 is 2.68 bits per heavy atom. The van der Waals surface area contributed by atoms with Crippen LogP contribution in [0.4, 0.5) is 5.69 Å². The van der Waals surface area contributed by atoms with E-state index in [-0.39, 0.29) is 11.9 Å². The van der Waals surface area contributed by atoms with Crippen molar-refractivity contribution in [3.8, 4) is 0 Å². The highest BCUT2D eigenvalue weighted by molar-refractivity contribution is 6.35. The number of fused-ring (bicyclic) bond motifs is 1. The highest BCUT2D eigenvalue weighted by Crippen LogP contribution is 2.26. The van der Waals surface area contributed by atoms with Gasteiger partial charge in [0.25, 0.3) is 0 Å². The Morgan fingerprint density at radius 1 is 1.05 bits per heavy atom. The minimum atomic E-state index is -0.609. The molecular weight excluding hydrogens is 246 g/mol. The Hall–Kier alpha value is -2.37. The SMILES string of the molecule is O=C1CCc2cc(C3CNC(=O)C(=O)N3)ccc2N1.